The molecule has 0 saturated carbocycles. The third-order valence-electron chi connectivity index (χ3n) is 3.23. The molecule has 2 rings (SSSR count). The molecule has 0 radical (unpaired) electrons. The van der Waals surface area contributed by atoms with Gasteiger partial charge in [0.15, 0.2) is 0 Å². The van der Waals surface area contributed by atoms with Gasteiger partial charge in [-0.05, 0) is 60.4 Å². The normalized spacial score (nSPS) is 11.0. The van der Waals surface area contributed by atoms with Crippen molar-refractivity contribution in [3.05, 3.63) is 41.5 Å². The SMILES string of the molecule is Cc1cc(-c2cc(C)c(N)c(S(=O)(=O)O)c2)ccc1N.N. The Morgan fingerprint density at radius 1 is 0.952 bits per heavy atom. The summed E-state index contributed by atoms with van der Waals surface area (Å²) < 4.78 is 32.0. The first-order valence-electron chi connectivity index (χ1n) is 5.94. The molecule has 21 heavy (non-hydrogen) atoms. The van der Waals surface area contributed by atoms with Crippen LogP contribution in [0.4, 0.5) is 11.4 Å². The Morgan fingerprint density at radius 2 is 1.52 bits per heavy atom. The fraction of sp³-hybridized carbons (Fsp3) is 0.143. The molecule has 8 N–H and O–H groups in total. The van der Waals surface area contributed by atoms with Crippen molar-refractivity contribution >= 4 is 21.5 Å². The average Bonchev–Trinajstić information content (AvgIpc) is 2.34. The average molecular weight is 309 g/mol. The van der Waals surface area contributed by atoms with Gasteiger partial charge in [-0.25, -0.2) is 0 Å². The van der Waals surface area contributed by atoms with Crippen LogP contribution in [0.5, 0.6) is 0 Å². The maximum absolute atomic E-state index is 11.4. The zero-order valence-corrected chi connectivity index (χ0v) is 12.7. The highest BCUT2D eigenvalue weighted by molar-refractivity contribution is 7.86. The van der Waals surface area contributed by atoms with E-state index in [-0.39, 0.29) is 16.7 Å². The zero-order valence-electron chi connectivity index (χ0n) is 11.9. The number of anilines is 2. The van der Waals surface area contributed by atoms with Gasteiger partial charge in [0.05, 0.1) is 5.69 Å². The van der Waals surface area contributed by atoms with E-state index in [1.54, 1.807) is 25.1 Å². The molecule has 7 heteroatoms. The molecular formula is C14H19N3O3S. The van der Waals surface area contributed by atoms with Gasteiger partial charge < -0.3 is 17.6 Å². The van der Waals surface area contributed by atoms with Gasteiger partial charge >= 0.3 is 0 Å². The Hall–Kier alpha value is -2.09. The summed E-state index contributed by atoms with van der Waals surface area (Å²) in [6.45, 7) is 3.56. The van der Waals surface area contributed by atoms with Crippen LogP contribution in [0.25, 0.3) is 11.1 Å². The summed E-state index contributed by atoms with van der Waals surface area (Å²) in [5.74, 6) is 0. The van der Waals surface area contributed by atoms with Gasteiger partial charge in [0.25, 0.3) is 10.1 Å². The van der Waals surface area contributed by atoms with E-state index in [2.05, 4.69) is 0 Å². The highest BCUT2D eigenvalue weighted by Gasteiger charge is 2.17. The van der Waals surface area contributed by atoms with E-state index in [1.807, 2.05) is 13.0 Å². The summed E-state index contributed by atoms with van der Waals surface area (Å²) in [6, 6.07) is 8.54. The van der Waals surface area contributed by atoms with Crippen LogP contribution < -0.4 is 17.6 Å². The van der Waals surface area contributed by atoms with Gasteiger partial charge in [-0.3, -0.25) is 4.55 Å². The molecule has 0 spiro atoms. The van der Waals surface area contributed by atoms with E-state index in [1.165, 1.54) is 6.07 Å². The summed E-state index contributed by atoms with van der Waals surface area (Å²) >= 11 is 0. The quantitative estimate of drug-likeness (QED) is 0.496. The minimum atomic E-state index is -4.35. The fourth-order valence-corrected chi connectivity index (χ4v) is 2.72. The second-order valence-electron chi connectivity index (χ2n) is 4.75. The second kappa shape index (κ2) is 5.72. The van der Waals surface area contributed by atoms with Gasteiger partial charge in [-0.15, -0.1) is 0 Å². The predicted molar refractivity (Wildman–Crippen MR) is 85.0 cm³/mol. The van der Waals surface area contributed by atoms with Crippen molar-refractivity contribution in [1.29, 1.82) is 0 Å². The van der Waals surface area contributed by atoms with Gasteiger partial charge in [0, 0.05) is 5.69 Å². The Balaban J connectivity index is 0.00000220. The number of hydrogen-bond acceptors (Lipinski definition) is 5. The number of aryl methyl sites for hydroxylation is 2. The van der Waals surface area contributed by atoms with Gasteiger partial charge in [-0.2, -0.15) is 8.42 Å². The molecule has 0 aliphatic heterocycles. The van der Waals surface area contributed by atoms with Crippen molar-refractivity contribution in [3.8, 4) is 11.1 Å². The topological polar surface area (TPSA) is 141 Å². The van der Waals surface area contributed by atoms with Crippen LogP contribution in [0.2, 0.25) is 0 Å². The molecule has 114 valence electrons. The second-order valence-corrected chi connectivity index (χ2v) is 6.14. The Kier molecular flexibility index (Phi) is 4.62. The maximum atomic E-state index is 11.4. The van der Waals surface area contributed by atoms with E-state index in [0.29, 0.717) is 16.8 Å². The van der Waals surface area contributed by atoms with Gasteiger partial charge in [-0.1, -0.05) is 6.07 Å². The molecule has 0 unspecified atom stereocenters. The minimum Gasteiger partial charge on any atom is -0.399 e. The Morgan fingerprint density at radius 3 is 2.05 bits per heavy atom. The van der Waals surface area contributed by atoms with Crippen molar-refractivity contribution < 1.29 is 13.0 Å². The highest BCUT2D eigenvalue weighted by Crippen LogP contribution is 2.31. The number of hydrogen-bond donors (Lipinski definition) is 4. The summed E-state index contributed by atoms with van der Waals surface area (Å²) in [6.07, 6.45) is 0. The van der Waals surface area contributed by atoms with Crippen molar-refractivity contribution in [2.45, 2.75) is 18.7 Å². The molecule has 0 bridgehead atoms. The summed E-state index contributed by atoms with van der Waals surface area (Å²) in [5.41, 5.74) is 15.1. The van der Waals surface area contributed by atoms with Crippen LogP contribution in [-0.4, -0.2) is 13.0 Å². The lowest BCUT2D eigenvalue weighted by molar-refractivity contribution is 0.483. The van der Waals surface area contributed by atoms with E-state index < -0.39 is 10.1 Å². The van der Waals surface area contributed by atoms with Crippen LogP contribution in [-0.2, 0) is 10.1 Å². The largest absolute Gasteiger partial charge is 0.399 e. The van der Waals surface area contributed by atoms with E-state index in [9.17, 15) is 13.0 Å². The van der Waals surface area contributed by atoms with Crippen molar-refractivity contribution in [1.82, 2.24) is 6.15 Å². The van der Waals surface area contributed by atoms with Crippen molar-refractivity contribution in [2.24, 2.45) is 0 Å². The van der Waals surface area contributed by atoms with Crippen molar-refractivity contribution in [3.63, 3.8) is 0 Å². The third-order valence-corrected chi connectivity index (χ3v) is 4.12. The molecule has 6 nitrogen and oxygen atoms in total. The summed E-state index contributed by atoms with van der Waals surface area (Å²) in [7, 11) is -4.35. The maximum Gasteiger partial charge on any atom is 0.296 e. The van der Waals surface area contributed by atoms with Gasteiger partial charge in [0.1, 0.15) is 4.90 Å². The first kappa shape index (κ1) is 17.0. The molecule has 0 fully saturated rings. The zero-order chi connectivity index (χ0) is 15.1. The van der Waals surface area contributed by atoms with Crippen LogP contribution in [0, 0.1) is 13.8 Å². The van der Waals surface area contributed by atoms with Crippen LogP contribution in [0.1, 0.15) is 11.1 Å². The van der Waals surface area contributed by atoms with E-state index >= 15 is 0 Å². The summed E-state index contributed by atoms with van der Waals surface area (Å²) in [4.78, 5) is -0.276. The van der Waals surface area contributed by atoms with Crippen molar-refractivity contribution in [2.75, 3.05) is 11.5 Å². The Bertz CT molecular complexity index is 786. The number of nitrogen functional groups attached to an aromatic ring is 2. The fourth-order valence-electron chi connectivity index (χ4n) is 2.00. The monoisotopic (exact) mass is 309 g/mol. The molecule has 0 aliphatic rings. The molecule has 2 aromatic carbocycles. The van der Waals surface area contributed by atoms with Crippen LogP contribution in [0.15, 0.2) is 35.2 Å². The highest BCUT2D eigenvalue weighted by atomic mass is 32.2. The number of nitrogens with two attached hydrogens (primary N) is 2. The van der Waals surface area contributed by atoms with Crippen LogP contribution >= 0.6 is 0 Å². The molecule has 0 aliphatic carbocycles. The molecule has 0 aromatic heterocycles. The van der Waals surface area contributed by atoms with E-state index in [0.717, 1.165) is 11.1 Å². The lowest BCUT2D eigenvalue weighted by Gasteiger charge is -2.11. The molecule has 2 aromatic rings. The lowest BCUT2D eigenvalue weighted by atomic mass is 10.00. The van der Waals surface area contributed by atoms with E-state index in [4.69, 9.17) is 11.5 Å². The third kappa shape index (κ3) is 3.33. The summed E-state index contributed by atoms with van der Waals surface area (Å²) in [5, 5.41) is 0. The number of benzene rings is 2. The predicted octanol–water partition coefficient (Wildman–Crippen LogP) is 2.54. The molecule has 0 atom stereocenters. The smallest absolute Gasteiger partial charge is 0.296 e. The molecule has 0 saturated heterocycles. The first-order chi connectivity index (χ1) is 9.20. The molecule has 0 amide bonds. The lowest BCUT2D eigenvalue weighted by Crippen LogP contribution is -2.05. The standard InChI is InChI=1S/C14H16N2O3S.H3N/c1-8-5-10(3-4-12(8)15)11-6-9(2)14(16)13(7-11)20(17,18)19;/h3-7H,15-16H2,1-2H3,(H,17,18,19);1H3. The minimum absolute atomic E-state index is 0. The first-order valence-corrected chi connectivity index (χ1v) is 7.38. The molecular weight excluding hydrogens is 290 g/mol. The van der Waals surface area contributed by atoms with Gasteiger partial charge in [0.2, 0.25) is 0 Å². The van der Waals surface area contributed by atoms with Crippen LogP contribution in [0.3, 0.4) is 0 Å². The molecule has 0 heterocycles. The Labute approximate surface area is 124 Å². The number of rotatable bonds is 2.